The number of primary amides is 1. The van der Waals surface area contributed by atoms with Crippen molar-refractivity contribution in [3.63, 3.8) is 0 Å². The molecule has 6 rings (SSSR count). The number of benzene rings is 4. The summed E-state index contributed by atoms with van der Waals surface area (Å²) in [7, 11) is 1.49. The monoisotopic (exact) mass is 1640 g/mol. The number of aliphatic hydroxyl groups is 3. The Balaban J connectivity index is 1.47. The predicted molar refractivity (Wildman–Crippen MR) is 425 cm³/mol. The lowest BCUT2D eigenvalue weighted by atomic mass is 10.00. The number of carboxylic acid groups (broad SMARTS) is 1. The molecule has 0 bridgehead atoms. The summed E-state index contributed by atoms with van der Waals surface area (Å²) in [6.45, 7) is 1.88. The lowest BCUT2D eigenvalue weighted by molar-refractivity contribution is -0.142. The first-order valence-electron chi connectivity index (χ1n) is 37.4. The second kappa shape index (κ2) is 47.6. The Morgan fingerprint density at radius 1 is 0.470 bits per heavy atom. The third kappa shape index (κ3) is 30.7. The van der Waals surface area contributed by atoms with Crippen molar-refractivity contribution in [2.45, 2.75) is 182 Å². The Bertz CT molecular complexity index is 4130. The molecule has 0 spiro atoms. The molecule has 2 heterocycles. The van der Waals surface area contributed by atoms with Crippen molar-refractivity contribution in [2.24, 2.45) is 22.9 Å². The molecule has 15 atom stereocenters. The number of hydrogen-bond donors (Lipinski definition) is 22. The number of amides is 14. The standard InChI is InChI=1S/C76H104N18O19S2/c1-41(79)64(100)82-37-61(99)83-58-39-114-115-40-59(76(112)113)92-72(108)57(38-95)91-75(111)63(43(3)97)94-71(107)54(33-46-23-11-6-12-24-46)90-74(110)62(42(2)96)93-66(102)51(28-16-18-30-78)84-69(105)55(34-47-36-81-49-26-14-13-25-48(47)49)88-68(104)53(32-45-21-9-5-10-22-45)86-67(103)52(31-44-19-7-4-8-20-44)87-70(106)56(35-60(80)98)89-65(101)50(85-73(58)109)27-15-17-29-77/h4-14,19-26,36,41-43,50-59,62-63,81,95-97H,15-18,27-35,37-40,77-79H2,1-3H3,(H2,80,98)(H,82,100)(H,83,99)(H,84,105)(H,85,109)(H,86,103)(H,87,106)(H,88,104)(H,89,101)(H,90,110)(H,91,111)(H,92,108)(H,93,102)(H,94,107)(H,112,113)/t41-,42+,43+,50-,51-,52-,53-,54-,55-,56-,57-,58?,59-,62-,63-/m0/s1. The Morgan fingerprint density at radius 2 is 0.852 bits per heavy atom. The van der Waals surface area contributed by atoms with Crippen LogP contribution in [-0.2, 0) is 97.6 Å². The topological polar surface area (TPSA) is 613 Å². The lowest BCUT2D eigenvalue weighted by Gasteiger charge is -2.29. The van der Waals surface area contributed by atoms with Crippen LogP contribution in [0.25, 0.3) is 10.9 Å². The number of aliphatic carboxylic acids is 1. The molecule has 39 heteroatoms. The molecule has 26 N–H and O–H groups in total. The van der Waals surface area contributed by atoms with E-state index in [-0.39, 0.29) is 70.9 Å². The Kier molecular flexibility index (Phi) is 38.4. The predicted octanol–water partition coefficient (Wildman–Crippen LogP) is -4.91. The number of para-hydroxylation sites is 1. The maximum Gasteiger partial charge on any atom is 0.327 e. The zero-order valence-corrected chi connectivity index (χ0v) is 65.4. The van der Waals surface area contributed by atoms with E-state index in [1.54, 1.807) is 121 Å². The van der Waals surface area contributed by atoms with E-state index in [0.29, 0.717) is 39.6 Å². The van der Waals surface area contributed by atoms with Crippen molar-refractivity contribution in [1.29, 1.82) is 0 Å². The zero-order valence-electron chi connectivity index (χ0n) is 63.8. The van der Waals surface area contributed by atoms with Gasteiger partial charge in [-0.15, -0.1) is 0 Å². The highest BCUT2D eigenvalue weighted by molar-refractivity contribution is 8.76. The van der Waals surface area contributed by atoms with Gasteiger partial charge in [-0.2, -0.15) is 0 Å². The van der Waals surface area contributed by atoms with Gasteiger partial charge in [-0.1, -0.05) is 131 Å². The van der Waals surface area contributed by atoms with Crippen LogP contribution in [0.5, 0.6) is 0 Å². The van der Waals surface area contributed by atoms with E-state index in [9.17, 15) is 78.0 Å². The second-order valence-electron chi connectivity index (χ2n) is 27.6. The van der Waals surface area contributed by atoms with Crippen LogP contribution in [0.3, 0.4) is 0 Å². The average molecular weight is 1640 g/mol. The summed E-state index contributed by atoms with van der Waals surface area (Å²) in [6.07, 6.45) is -3.48. The van der Waals surface area contributed by atoms with Crippen LogP contribution in [0.1, 0.15) is 88.0 Å². The molecule has 0 aliphatic carbocycles. The van der Waals surface area contributed by atoms with E-state index in [1.165, 1.54) is 6.92 Å². The fourth-order valence-electron chi connectivity index (χ4n) is 11.9. The second-order valence-corrected chi connectivity index (χ2v) is 30.1. The first-order chi connectivity index (χ1) is 54.9. The summed E-state index contributed by atoms with van der Waals surface area (Å²) < 4.78 is 0. The number of hydrogen-bond acceptors (Lipinski definition) is 23. The minimum atomic E-state index is -1.99. The average Bonchev–Trinajstić information content (AvgIpc) is 1.71. The fourth-order valence-corrected chi connectivity index (χ4v) is 14.3. The molecule has 5 aromatic rings. The molecule has 1 saturated heterocycles. The van der Waals surface area contributed by atoms with Gasteiger partial charge in [0.15, 0.2) is 0 Å². The highest BCUT2D eigenvalue weighted by atomic mass is 33.1. The largest absolute Gasteiger partial charge is 0.480 e. The summed E-state index contributed by atoms with van der Waals surface area (Å²) in [4.78, 5) is 217. The number of carboxylic acids is 1. The van der Waals surface area contributed by atoms with E-state index in [4.69, 9.17) is 22.9 Å². The summed E-state index contributed by atoms with van der Waals surface area (Å²) in [6, 6.07) is 9.57. The third-order valence-corrected chi connectivity index (χ3v) is 20.7. The molecular formula is C76H104N18O19S2. The van der Waals surface area contributed by atoms with Crippen molar-refractivity contribution in [3.8, 4) is 0 Å². The minimum absolute atomic E-state index is 0.104. The molecule has 1 aliphatic rings. The van der Waals surface area contributed by atoms with Gasteiger partial charge in [0.25, 0.3) is 0 Å². The van der Waals surface area contributed by atoms with Gasteiger partial charge in [0, 0.05) is 54.3 Å². The number of nitrogens with one attached hydrogen (secondary N) is 14. The highest BCUT2D eigenvalue weighted by Crippen LogP contribution is 2.25. The van der Waals surface area contributed by atoms with Crippen LogP contribution in [0.2, 0.25) is 0 Å². The third-order valence-electron chi connectivity index (χ3n) is 18.3. The summed E-state index contributed by atoms with van der Waals surface area (Å²) >= 11 is 0. The van der Waals surface area contributed by atoms with E-state index in [1.807, 2.05) is 0 Å². The summed E-state index contributed by atoms with van der Waals surface area (Å²) in [5.74, 6) is -17.7. The maximum atomic E-state index is 15.4. The number of aromatic amines is 1. The zero-order chi connectivity index (χ0) is 84.3. The van der Waals surface area contributed by atoms with Gasteiger partial charge in [-0.3, -0.25) is 67.1 Å². The van der Waals surface area contributed by atoms with Crippen LogP contribution in [0.4, 0.5) is 0 Å². The van der Waals surface area contributed by atoms with Gasteiger partial charge in [-0.05, 0) is 101 Å². The van der Waals surface area contributed by atoms with Crippen molar-refractivity contribution < 1.29 is 92.3 Å². The van der Waals surface area contributed by atoms with Crippen LogP contribution >= 0.6 is 21.6 Å². The summed E-state index contributed by atoms with van der Waals surface area (Å²) in [5.41, 5.74) is 25.6. The van der Waals surface area contributed by atoms with Crippen LogP contribution in [-0.4, -0.2) is 243 Å². The number of H-pyrrole nitrogens is 1. The van der Waals surface area contributed by atoms with E-state index >= 15 is 14.4 Å². The van der Waals surface area contributed by atoms with Gasteiger partial charge < -0.3 is 117 Å². The minimum Gasteiger partial charge on any atom is -0.480 e. The number of unbranched alkanes of at least 4 members (excludes halogenated alkanes) is 2. The number of nitrogens with two attached hydrogens (primary N) is 4. The molecule has 0 radical (unpaired) electrons. The molecule has 4 aromatic carbocycles. The molecule has 37 nitrogen and oxygen atoms in total. The Morgan fingerprint density at radius 3 is 1.30 bits per heavy atom. The maximum absolute atomic E-state index is 15.4. The van der Waals surface area contributed by atoms with Crippen LogP contribution in [0.15, 0.2) is 121 Å². The molecule has 115 heavy (non-hydrogen) atoms. The smallest absolute Gasteiger partial charge is 0.327 e. The van der Waals surface area contributed by atoms with E-state index in [2.05, 4.69) is 74.1 Å². The quantitative estimate of drug-likeness (QED) is 0.0182. The van der Waals surface area contributed by atoms with Crippen LogP contribution in [0, 0.1) is 0 Å². The first kappa shape index (κ1) is 92.8. The fraction of sp³-hybridized carbons (Fsp3) is 0.461. The molecular weight excluding hydrogens is 1530 g/mol. The van der Waals surface area contributed by atoms with Crippen molar-refractivity contribution in [3.05, 3.63) is 144 Å². The number of carbonyl (C=O) groups excluding carboxylic acids is 14. The number of fused-ring (bicyclic) bond motifs is 1. The van der Waals surface area contributed by atoms with Crippen molar-refractivity contribution in [1.82, 2.24) is 74.1 Å². The molecule has 1 unspecified atom stereocenters. The molecule has 14 amide bonds. The molecule has 1 aliphatic heterocycles. The Labute approximate surface area is 670 Å². The highest BCUT2D eigenvalue weighted by Gasteiger charge is 2.40. The lowest BCUT2D eigenvalue weighted by Crippen LogP contribution is -2.63. The van der Waals surface area contributed by atoms with Gasteiger partial charge >= 0.3 is 5.97 Å². The molecule has 624 valence electrons. The number of rotatable bonds is 26. The SMILES string of the molecule is C[C@H](N)C(=O)NCC(=O)NC1CSSC[C@@H](C(=O)O)NC(=O)[C@H](CO)NC(=O)[C@H]([C@@H](C)O)NC(=O)[C@H](Cc2ccccc2)NC(=O)[C@H]([C@@H](C)O)NC(=O)[C@H](CCCCN)NC(=O)[C@H](Cc2c[nH]c3ccccc23)NC(=O)[C@H](Cc2ccccc2)NC(=O)[C@H](Cc2ccccc2)NC(=O)[C@H](CC(N)=O)NC(=O)[C@H](CCCCN)NC1=O. The van der Waals surface area contributed by atoms with Crippen LogP contribution < -0.4 is 92.1 Å². The number of carbonyl (C=O) groups is 15. The van der Waals surface area contributed by atoms with Crippen molar-refractivity contribution in [2.75, 3.05) is 37.7 Å². The van der Waals surface area contributed by atoms with E-state index in [0.717, 1.165) is 35.4 Å². The van der Waals surface area contributed by atoms with E-state index < -0.39 is 210 Å². The van der Waals surface area contributed by atoms with Gasteiger partial charge in [0.1, 0.15) is 72.5 Å². The normalized spacial score (nSPS) is 23.7. The van der Waals surface area contributed by atoms with Crippen molar-refractivity contribution >= 4 is 121 Å². The number of aromatic nitrogens is 1. The Hall–Kier alpha value is -11.1. The van der Waals surface area contributed by atoms with Gasteiger partial charge in [0.2, 0.25) is 82.7 Å². The summed E-state index contributed by atoms with van der Waals surface area (Å²) in [5, 5.41) is 76.1. The van der Waals surface area contributed by atoms with Gasteiger partial charge in [0.05, 0.1) is 37.8 Å². The molecule has 1 aromatic heterocycles. The number of aliphatic hydroxyl groups excluding tert-OH is 3. The molecule has 0 saturated carbocycles. The first-order valence-corrected chi connectivity index (χ1v) is 39.8. The molecule has 1 fully saturated rings. The van der Waals surface area contributed by atoms with Gasteiger partial charge in [-0.25, -0.2) is 4.79 Å².